The van der Waals surface area contributed by atoms with Gasteiger partial charge in [-0.05, 0) is 50.5 Å². The van der Waals surface area contributed by atoms with Crippen molar-refractivity contribution in [1.82, 2.24) is 14.8 Å². The van der Waals surface area contributed by atoms with E-state index in [4.69, 9.17) is 4.74 Å². The Balaban J connectivity index is 1.37. The maximum Gasteiger partial charge on any atom is 0.305 e. The Kier molecular flexibility index (Phi) is 7.26. The first kappa shape index (κ1) is 25.4. The molecule has 3 heterocycles. The van der Waals surface area contributed by atoms with Gasteiger partial charge in [-0.3, -0.25) is 14.4 Å². The molecule has 0 bridgehead atoms. The Hall–Kier alpha value is -3.30. The fraction of sp³-hybridized carbons (Fsp3) is 0.357. The third-order valence-corrected chi connectivity index (χ3v) is 8.78. The van der Waals surface area contributed by atoms with Crippen LogP contribution < -0.4 is 0 Å². The molecular formula is C28H29N3O4S2. The van der Waals surface area contributed by atoms with Gasteiger partial charge in [0, 0.05) is 41.5 Å². The van der Waals surface area contributed by atoms with Crippen LogP contribution in [0.1, 0.15) is 49.0 Å². The van der Waals surface area contributed by atoms with E-state index < -0.39 is 5.54 Å². The second kappa shape index (κ2) is 10.6. The summed E-state index contributed by atoms with van der Waals surface area (Å²) in [6.45, 7) is 5.28. The first-order chi connectivity index (χ1) is 17.9. The van der Waals surface area contributed by atoms with Crippen molar-refractivity contribution < 1.29 is 19.1 Å². The molecule has 0 radical (unpaired) electrons. The molecule has 1 saturated heterocycles. The first-order valence-corrected chi connectivity index (χ1v) is 14.2. The molecule has 1 atom stereocenters. The summed E-state index contributed by atoms with van der Waals surface area (Å²) in [4.78, 5) is 47.4. The summed E-state index contributed by atoms with van der Waals surface area (Å²) in [5.41, 5.74) is 3.38. The lowest BCUT2D eigenvalue weighted by molar-refractivity contribution is -0.150. The predicted molar refractivity (Wildman–Crippen MR) is 147 cm³/mol. The van der Waals surface area contributed by atoms with Gasteiger partial charge in [0.25, 0.3) is 5.91 Å². The molecule has 1 unspecified atom stereocenters. The highest BCUT2D eigenvalue weighted by Gasteiger charge is 2.51. The predicted octanol–water partition coefficient (Wildman–Crippen LogP) is 5.49. The summed E-state index contributed by atoms with van der Waals surface area (Å²) < 4.78 is 7.21. The molecule has 0 spiro atoms. The Morgan fingerprint density at radius 3 is 2.76 bits per heavy atom. The van der Waals surface area contributed by atoms with Crippen molar-refractivity contribution in [2.45, 2.75) is 45.2 Å². The molecule has 0 N–H and O–H groups in total. The number of thiazole rings is 1. The van der Waals surface area contributed by atoms with Crippen molar-refractivity contribution in [1.29, 1.82) is 0 Å². The molecule has 1 aliphatic rings. The van der Waals surface area contributed by atoms with Crippen LogP contribution in [0, 0.1) is 0 Å². The maximum absolute atomic E-state index is 14.0. The number of nitrogens with zero attached hydrogens (tertiary/aromatic N) is 3. The standard InChI is InChI=1S/C28H29N3O4S2/c1-3-35-25(32)9-6-13-30(16-19-10-11-24-22(15-19)29-18-37-24)27(34)28(2)12-14-31(28)26(33)21-17-36-23-8-5-4-7-20(21)23/h4-5,7-8,10-11,15,17-18H,3,6,9,12-14,16H2,1-2H3. The number of hydrogen-bond donors (Lipinski definition) is 0. The van der Waals surface area contributed by atoms with Gasteiger partial charge in [-0.15, -0.1) is 22.7 Å². The average Bonchev–Trinajstić information content (AvgIpc) is 3.53. The average molecular weight is 536 g/mol. The third kappa shape index (κ3) is 4.98. The van der Waals surface area contributed by atoms with Gasteiger partial charge >= 0.3 is 5.97 Å². The summed E-state index contributed by atoms with van der Waals surface area (Å²) in [5.74, 6) is -0.487. The van der Waals surface area contributed by atoms with Gasteiger partial charge < -0.3 is 14.5 Å². The Morgan fingerprint density at radius 2 is 1.97 bits per heavy atom. The van der Waals surface area contributed by atoms with Gasteiger partial charge in [0.15, 0.2) is 0 Å². The molecule has 5 rings (SSSR count). The number of aromatic nitrogens is 1. The van der Waals surface area contributed by atoms with Crippen molar-refractivity contribution in [2.75, 3.05) is 19.7 Å². The fourth-order valence-electron chi connectivity index (χ4n) is 4.86. The highest BCUT2D eigenvalue weighted by molar-refractivity contribution is 7.17. The Labute approximate surface area is 223 Å². The van der Waals surface area contributed by atoms with Gasteiger partial charge in [0.1, 0.15) is 5.54 Å². The number of fused-ring (bicyclic) bond motifs is 2. The Morgan fingerprint density at radius 1 is 1.14 bits per heavy atom. The Bertz CT molecular complexity index is 1460. The van der Waals surface area contributed by atoms with E-state index >= 15 is 0 Å². The maximum atomic E-state index is 14.0. The lowest BCUT2D eigenvalue weighted by Gasteiger charge is -2.51. The summed E-state index contributed by atoms with van der Waals surface area (Å²) in [6, 6.07) is 13.9. The van der Waals surface area contributed by atoms with Gasteiger partial charge in [-0.1, -0.05) is 24.3 Å². The van der Waals surface area contributed by atoms with Crippen molar-refractivity contribution in [3.05, 3.63) is 64.5 Å². The number of ether oxygens (including phenoxy) is 1. The zero-order chi connectivity index (χ0) is 26.0. The molecule has 1 fully saturated rings. The molecule has 192 valence electrons. The van der Waals surface area contributed by atoms with E-state index in [0.717, 1.165) is 25.9 Å². The number of rotatable bonds is 9. The van der Waals surface area contributed by atoms with Crippen molar-refractivity contribution in [2.24, 2.45) is 0 Å². The minimum atomic E-state index is -0.936. The number of likely N-dealkylation sites (tertiary alicyclic amines) is 1. The largest absolute Gasteiger partial charge is 0.466 e. The molecule has 1 aliphatic heterocycles. The molecule has 4 aromatic rings. The van der Waals surface area contributed by atoms with Gasteiger partial charge in [0.2, 0.25) is 5.91 Å². The van der Waals surface area contributed by atoms with Crippen LogP contribution in [-0.2, 0) is 20.9 Å². The van der Waals surface area contributed by atoms with Gasteiger partial charge in [-0.2, -0.15) is 0 Å². The molecule has 2 aromatic heterocycles. The topological polar surface area (TPSA) is 79.8 Å². The zero-order valence-electron chi connectivity index (χ0n) is 20.9. The van der Waals surface area contributed by atoms with Crippen molar-refractivity contribution in [3.8, 4) is 0 Å². The molecular weight excluding hydrogens is 506 g/mol. The van der Waals surface area contributed by atoms with Crippen LogP contribution >= 0.6 is 22.7 Å². The minimum absolute atomic E-state index is 0.103. The van der Waals surface area contributed by atoms with Crippen LogP contribution in [0.4, 0.5) is 0 Å². The normalized spacial score (nSPS) is 17.1. The van der Waals surface area contributed by atoms with E-state index in [1.165, 1.54) is 11.3 Å². The minimum Gasteiger partial charge on any atom is -0.466 e. The number of esters is 1. The highest BCUT2D eigenvalue weighted by atomic mass is 32.1. The van der Waals surface area contributed by atoms with E-state index in [2.05, 4.69) is 4.98 Å². The summed E-state index contributed by atoms with van der Waals surface area (Å²) in [5, 5.41) is 2.80. The number of amides is 2. The van der Waals surface area contributed by atoms with Crippen LogP contribution in [0.2, 0.25) is 0 Å². The number of hydrogen-bond acceptors (Lipinski definition) is 7. The summed E-state index contributed by atoms with van der Waals surface area (Å²) >= 11 is 3.11. The number of carbonyl (C=O) groups excluding carboxylic acids is 3. The van der Waals surface area contributed by atoms with Gasteiger partial charge in [0.05, 0.1) is 27.9 Å². The lowest BCUT2D eigenvalue weighted by atomic mass is 9.84. The van der Waals surface area contributed by atoms with Crippen LogP contribution in [-0.4, -0.2) is 57.8 Å². The van der Waals surface area contributed by atoms with E-state index in [1.807, 2.05) is 60.3 Å². The van der Waals surface area contributed by atoms with Crippen molar-refractivity contribution in [3.63, 3.8) is 0 Å². The van der Waals surface area contributed by atoms with Crippen molar-refractivity contribution >= 4 is 60.8 Å². The van der Waals surface area contributed by atoms with Gasteiger partial charge in [-0.25, -0.2) is 4.98 Å². The summed E-state index contributed by atoms with van der Waals surface area (Å²) in [7, 11) is 0. The number of carbonyl (C=O) groups is 3. The highest BCUT2D eigenvalue weighted by Crippen LogP contribution is 2.37. The first-order valence-electron chi connectivity index (χ1n) is 12.5. The van der Waals surface area contributed by atoms with E-state index in [0.29, 0.717) is 44.6 Å². The number of benzene rings is 2. The third-order valence-electron chi connectivity index (χ3n) is 7.00. The lowest BCUT2D eigenvalue weighted by Crippen LogP contribution is -2.67. The van der Waals surface area contributed by atoms with E-state index in [-0.39, 0.29) is 24.2 Å². The molecule has 0 aliphatic carbocycles. The molecule has 2 aromatic carbocycles. The van der Waals surface area contributed by atoms with E-state index in [9.17, 15) is 14.4 Å². The molecule has 0 saturated carbocycles. The second-order valence-electron chi connectivity index (χ2n) is 9.42. The van der Waals surface area contributed by atoms with E-state index in [1.54, 1.807) is 28.1 Å². The van der Waals surface area contributed by atoms with Crippen LogP contribution in [0.25, 0.3) is 20.3 Å². The molecule has 37 heavy (non-hydrogen) atoms. The monoisotopic (exact) mass is 535 g/mol. The molecule has 9 heteroatoms. The second-order valence-corrected chi connectivity index (χ2v) is 11.2. The quantitative estimate of drug-likeness (QED) is 0.265. The molecule has 7 nitrogen and oxygen atoms in total. The number of thiophene rings is 1. The summed E-state index contributed by atoms with van der Waals surface area (Å²) in [6.07, 6.45) is 1.32. The molecule has 2 amide bonds. The smallest absolute Gasteiger partial charge is 0.305 e. The SMILES string of the molecule is CCOC(=O)CCCN(Cc1ccc2scnc2c1)C(=O)C1(C)CCN1C(=O)c1csc2ccccc12. The van der Waals surface area contributed by atoms with Crippen LogP contribution in [0.3, 0.4) is 0 Å². The fourth-order valence-corrected chi connectivity index (χ4v) is 6.45. The van der Waals surface area contributed by atoms with Crippen LogP contribution in [0.15, 0.2) is 53.4 Å². The van der Waals surface area contributed by atoms with Crippen LogP contribution in [0.5, 0.6) is 0 Å². The zero-order valence-corrected chi connectivity index (χ0v) is 22.6.